The Kier molecular flexibility index (Phi) is 7.56. The minimum absolute atomic E-state index is 0. The lowest BCUT2D eigenvalue weighted by atomic mass is 9.85. The smallest absolute Gasteiger partial charge is 0.220 e. The van der Waals surface area contributed by atoms with Gasteiger partial charge in [0.25, 0.3) is 0 Å². The van der Waals surface area contributed by atoms with E-state index < -0.39 is 0 Å². The van der Waals surface area contributed by atoms with Crippen molar-refractivity contribution in [3.05, 3.63) is 21.9 Å². The van der Waals surface area contributed by atoms with Crippen LogP contribution in [0.25, 0.3) is 0 Å². The highest BCUT2D eigenvalue weighted by Gasteiger charge is 2.21. The third-order valence-electron chi connectivity index (χ3n) is 4.06. The van der Waals surface area contributed by atoms with Gasteiger partial charge in [-0.15, -0.1) is 23.7 Å². The van der Waals surface area contributed by atoms with Gasteiger partial charge in [0.2, 0.25) is 5.91 Å². The van der Waals surface area contributed by atoms with E-state index in [0.717, 1.165) is 13.1 Å². The summed E-state index contributed by atoms with van der Waals surface area (Å²) in [6, 6.07) is 2.10. The van der Waals surface area contributed by atoms with Gasteiger partial charge in [-0.25, -0.2) is 0 Å². The summed E-state index contributed by atoms with van der Waals surface area (Å²) in [5.41, 5.74) is 1.27. The van der Waals surface area contributed by atoms with E-state index in [1.807, 2.05) is 0 Å². The van der Waals surface area contributed by atoms with Crippen LogP contribution < -0.4 is 10.6 Å². The Morgan fingerprint density at radius 3 is 3.00 bits per heavy atom. The minimum Gasteiger partial charge on any atom is -0.351 e. The number of hydrogen-bond acceptors (Lipinski definition) is 3. The van der Waals surface area contributed by atoms with Crippen molar-refractivity contribution < 1.29 is 4.79 Å². The quantitative estimate of drug-likeness (QED) is 0.876. The first-order valence-corrected chi connectivity index (χ1v) is 8.05. The van der Waals surface area contributed by atoms with Crippen LogP contribution in [0.15, 0.2) is 11.4 Å². The van der Waals surface area contributed by atoms with Crippen LogP contribution >= 0.6 is 23.7 Å². The molecule has 0 radical (unpaired) electrons. The molecule has 20 heavy (non-hydrogen) atoms. The maximum Gasteiger partial charge on any atom is 0.220 e. The van der Waals surface area contributed by atoms with Gasteiger partial charge in [-0.1, -0.05) is 6.92 Å². The van der Waals surface area contributed by atoms with Crippen molar-refractivity contribution in [3.63, 3.8) is 0 Å². The van der Waals surface area contributed by atoms with Gasteiger partial charge in [0, 0.05) is 11.3 Å². The van der Waals surface area contributed by atoms with Crippen LogP contribution in [0.2, 0.25) is 0 Å². The molecule has 5 heteroatoms. The number of nitrogens with one attached hydrogen (secondary N) is 2. The number of hydrogen-bond donors (Lipinski definition) is 2. The van der Waals surface area contributed by atoms with Crippen molar-refractivity contribution in [1.82, 2.24) is 10.6 Å². The Hall–Kier alpha value is -0.580. The van der Waals surface area contributed by atoms with Gasteiger partial charge in [0.1, 0.15) is 0 Å². The fraction of sp³-hybridized carbons (Fsp3) is 0.667. The predicted molar refractivity (Wildman–Crippen MR) is 87.5 cm³/mol. The Balaban J connectivity index is 0.00000200. The highest BCUT2D eigenvalue weighted by Crippen LogP contribution is 2.22. The standard InChI is InChI=1S/C15H24N2OS.ClH/c1-11-5-7-19-14(11)10-17-15(18)8-12(2)13-4-3-6-16-9-13;/h5,7,12-13,16H,3-4,6,8-10H2,1-2H3,(H,17,18);1H. The van der Waals surface area contributed by atoms with Gasteiger partial charge in [0.15, 0.2) is 0 Å². The van der Waals surface area contributed by atoms with Gasteiger partial charge in [-0.2, -0.15) is 0 Å². The lowest BCUT2D eigenvalue weighted by molar-refractivity contribution is -0.122. The predicted octanol–water partition coefficient (Wildman–Crippen LogP) is 3.12. The molecule has 0 spiro atoms. The molecule has 2 atom stereocenters. The first kappa shape index (κ1) is 17.5. The average Bonchev–Trinajstić information content (AvgIpc) is 2.83. The molecule has 0 aromatic carbocycles. The number of thiophene rings is 1. The average molecular weight is 317 g/mol. The highest BCUT2D eigenvalue weighted by atomic mass is 35.5. The molecule has 0 saturated carbocycles. The van der Waals surface area contributed by atoms with Crippen LogP contribution in [0.1, 0.15) is 36.6 Å². The fourth-order valence-electron chi connectivity index (χ4n) is 2.66. The number of piperidine rings is 1. The molecular weight excluding hydrogens is 292 g/mol. The van der Waals surface area contributed by atoms with Crippen molar-refractivity contribution in [2.45, 2.75) is 39.7 Å². The number of halogens is 1. The molecule has 3 nitrogen and oxygen atoms in total. The Morgan fingerprint density at radius 2 is 2.40 bits per heavy atom. The number of rotatable bonds is 5. The van der Waals surface area contributed by atoms with E-state index in [2.05, 4.69) is 35.9 Å². The first-order valence-electron chi connectivity index (χ1n) is 7.17. The van der Waals surface area contributed by atoms with E-state index >= 15 is 0 Å². The molecule has 2 rings (SSSR count). The molecule has 114 valence electrons. The van der Waals surface area contributed by atoms with Crippen LogP contribution in [0.3, 0.4) is 0 Å². The van der Waals surface area contributed by atoms with Crippen LogP contribution in [0.4, 0.5) is 0 Å². The summed E-state index contributed by atoms with van der Waals surface area (Å²) >= 11 is 1.71. The van der Waals surface area contributed by atoms with Crippen molar-refractivity contribution in [2.24, 2.45) is 11.8 Å². The largest absolute Gasteiger partial charge is 0.351 e. The molecule has 1 fully saturated rings. The molecule has 2 unspecified atom stereocenters. The van der Waals surface area contributed by atoms with Gasteiger partial charge in [0.05, 0.1) is 6.54 Å². The van der Waals surface area contributed by atoms with Gasteiger partial charge < -0.3 is 10.6 Å². The summed E-state index contributed by atoms with van der Waals surface area (Å²) in [6.07, 6.45) is 3.15. The summed E-state index contributed by atoms with van der Waals surface area (Å²) in [6.45, 7) is 7.17. The van der Waals surface area contributed by atoms with Crippen molar-refractivity contribution in [2.75, 3.05) is 13.1 Å². The number of aryl methyl sites for hydroxylation is 1. The Labute approximate surface area is 131 Å². The molecule has 1 aliphatic rings. The summed E-state index contributed by atoms with van der Waals surface area (Å²) in [4.78, 5) is 13.2. The van der Waals surface area contributed by atoms with Crippen LogP contribution in [-0.2, 0) is 11.3 Å². The lowest BCUT2D eigenvalue weighted by Gasteiger charge is -2.28. The molecule has 2 heterocycles. The first-order chi connectivity index (χ1) is 9.16. The molecule has 0 bridgehead atoms. The zero-order valence-corrected chi connectivity index (χ0v) is 13.9. The summed E-state index contributed by atoms with van der Waals surface area (Å²) in [7, 11) is 0. The van der Waals surface area contributed by atoms with Crippen LogP contribution in [0, 0.1) is 18.8 Å². The second-order valence-electron chi connectivity index (χ2n) is 5.59. The van der Waals surface area contributed by atoms with Gasteiger partial charge in [-0.3, -0.25) is 4.79 Å². The molecule has 1 aliphatic heterocycles. The summed E-state index contributed by atoms with van der Waals surface area (Å²) in [5.74, 6) is 1.31. The number of carbonyl (C=O) groups excluding carboxylic acids is 1. The maximum atomic E-state index is 12.0. The highest BCUT2D eigenvalue weighted by molar-refractivity contribution is 7.10. The summed E-state index contributed by atoms with van der Waals surface area (Å²) in [5, 5.41) is 8.54. The number of amides is 1. The van der Waals surface area contributed by atoms with Crippen molar-refractivity contribution in [1.29, 1.82) is 0 Å². The zero-order valence-electron chi connectivity index (χ0n) is 12.3. The van der Waals surface area contributed by atoms with Gasteiger partial charge in [-0.05, 0) is 61.7 Å². The molecular formula is C15H25ClN2OS. The normalized spacial score (nSPS) is 20.0. The van der Waals surface area contributed by atoms with E-state index in [-0.39, 0.29) is 18.3 Å². The Morgan fingerprint density at radius 1 is 1.60 bits per heavy atom. The van der Waals surface area contributed by atoms with E-state index in [4.69, 9.17) is 0 Å². The Bertz CT molecular complexity index is 416. The minimum atomic E-state index is 0. The lowest BCUT2D eigenvalue weighted by Crippen LogP contribution is -2.35. The van der Waals surface area contributed by atoms with E-state index in [9.17, 15) is 4.79 Å². The van der Waals surface area contributed by atoms with Crippen molar-refractivity contribution in [3.8, 4) is 0 Å². The molecule has 1 amide bonds. The molecule has 0 aliphatic carbocycles. The second-order valence-corrected chi connectivity index (χ2v) is 6.59. The van der Waals surface area contributed by atoms with Crippen LogP contribution in [0.5, 0.6) is 0 Å². The second kappa shape index (κ2) is 8.65. The zero-order chi connectivity index (χ0) is 13.7. The topological polar surface area (TPSA) is 41.1 Å². The monoisotopic (exact) mass is 316 g/mol. The van der Waals surface area contributed by atoms with Crippen molar-refractivity contribution >= 4 is 29.7 Å². The fourth-order valence-corrected chi connectivity index (χ4v) is 3.51. The summed E-state index contributed by atoms with van der Waals surface area (Å²) < 4.78 is 0. The van der Waals surface area contributed by atoms with E-state index in [0.29, 0.717) is 24.8 Å². The van der Waals surface area contributed by atoms with E-state index in [1.54, 1.807) is 11.3 Å². The maximum absolute atomic E-state index is 12.0. The molecule has 1 saturated heterocycles. The molecule has 1 aromatic heterocycles. The third-order valence-corrected chi connectivity index (χ3v) is 5.08. The van der Waals surface area contributed by atoms with Crippen LogP contribution in [-0.4, -0.2) is 19.0 Å². The molecule has 1 aromatic rings. The SMILES string of the molecule is Cc1ccsc1CNC(=O)CC(C)C1CCCNC1.Cl. The van der Waals surface area contributed by atoms with E-state index in [1.165, 1.54) is 23.3 Å². The molecule has 2 N–H and O–H groups in total. The van der Waals surface area contributed by atoms with Gasteiger partial charge >= 0.3 is 0 Å². The number of carbonyl (C=O) groups is 1. The third kappa shape index (κ3) is 5.08.